The van der Waals surface area contributed by atoms with Crippen molar-refractivity contribution in [3.05, 3.63) is 23.1 Å². The molecule has 1 aliphatic rings. The lowest BCUT2D eigenvalue weighted by atomic mass is 10.4. The number of hydrogen-bond donors (Lipinski definition) is 1. The van der Waals surface area contributed by atoms with Gasteiger partial charge in [0.05, 0.1) is 6.20 Å². The van der Waals surface area contributed by atoms with E-state index < -0.39 is 10.0 Å². The molecule has 2 heterocycles. The first-order valence-electron chi connectivity index (χ1n) is 6.96. The van der Waals surface area contributed by atoms with Gasteiger partial charge in [-0.15, -0.1) is 0 Å². The molecule has 1 N–H and O–H groups in total. The quantitative estimate of drug-likeness (QED) is 0.868. The summed E-state index contributed by atoms with van der Waals surface area (Å²) in [7, 11) is -3.78. The van der Waals surface area contributed by atoms with E-state index in [0.717, 1.165) is 23.7 Å². The Balaban J connectivity index is 1.84. The predicted molar refractivity (Wildman–Crippen MR) is 82.0 cm³/mol. The van der Waals surface area contributed by atoms with Crippen LogP contribution in [0.5, 0.6) is 0 Å². The van der Waals surface area contributed by atoms with Crippen molar-refractivity contribution in [3.63, 3.8) is 0 Å². The summed E-state index contributed by atoms with van der Waals surface area (Å²) in [4.78, 5) is 8.46. The van der Waals surface area contributed by atoms with Crippen LogP contribution in [-0.2, 0) is 23.0 Å². The van der Waals surface area contributed by atoms with Gasteiger partial charge in [-0.1, -0.05) is 18.3 Å². The Bertz CT molecular complexity index is 827. The fraction of sp³-hybridized carbons (Fsp3) is 0.462. The Kier molecular flexibility index (Phi) is 3.88. The highest BCUT2D eigenvalue weighted by Crippen LogP contribution is 2.31. The Morgan fingerprint density at radius 1 is 1.55 bits per heavy atom. The van der Waals surface area contributed by atoms with Crippen LogP contribution in [0.15, 0.2) is 17.4 Å². The molecular weight excluding hydrogens is 322 g/mol. The van der Waals surface area contributed by atoms with E-state index in [2.05, 4.69) is 14.7 Å². The van der Waals surface area contributed by atoms with Crippen LogP contribution in [0.3, 0.4) is 0 Å². The summed E-state index contributed by atoms with van der Waals surface area (Å²) in [5, 5.41) is 8.93. The van der Waals surface area contributed by atoms with Crippen molar-refractivity contribution < 1.29 is 8.42 Å². The second-order valence-corrected chi connectivity index (χ2v) is 7.85. The van der Waals surface area contributed by atoms with E-state index in [4.69, 9.17) is 5.26 Å². The summed E-state index contributed by atoms with van der Waals surface area (Å²) >= 11 is 0.995. The molecule has 3 rings (SSSR count). The number of nitrogens with one attached hydrogen (secondary N) is 1. The first-order valence-corrected chi connectivity index (χ1v) is 9.26. The number of rotatable bonds is 6. The molecule has 1 saturated carbocycles. The van der Waals surface area contributed by atoms with Gasteiger partial charge < -0.3 is 4.57 Å². The normalized spacial score (nSPS) is 14.7. The minimum Gasteiger partial charge on any atom is -0.333 e. The van der Waals surface area contributed by atoms with Crippen LogP contribution in [0.2, 0.25) is 0 Å². The monoisotopic (exact) mass is 337 g/mol. The topological polar surface area (TPSA) is 101 Å². The summed E-state index contributed by atoms with van der Waals surface area (Å²) in [6.45, 7) is 2.77. The molecule has 0 atom stereocenters. The van der Waals surface area contributed by atoms with Crippen molar-refractivity contribution in [3.8, 4) is 6.07 Å². The number of thiazole rings is 1. The fourth-order valence-electron chi connectivity index (χ4n) is 2.12. The predicted octanol–water partition coefficient (Wildman–Crippen LogP) is 1.98. The molecule has 0 spiro atoms. The molecule has 0 aromatic carbocycles. The SMILES string of the molecule is CCc1nc(S(=O)(=O)Nc2ncc(C#N)s2)cn1CC1CC1. The van der Waals surface area contributed by atoms with Gasteiger partial charge >= 0.3 is 0 Å². The van der Waals surface area contributed by atoms with E-state index in [9.17, 15) is 8.42 Å². The van der Waals surface area contributed by atoms with Crippen molar-refractivity contribution in [2.45, 2.75) is 37.8 Å². The molecule has 1 aliphatic carbocycles. The van der Waals surface area contributed by atoms with Gasteiger partial charge in [-0.3, -0.25) is 4.72 Å². The lowest BCUT2D eigenvalue weighted by Gasteiger charge is -2.03. The molecule has 1 fully saturated rings. The maximum atomic E-state index is 12.4. The zero-order valence-corrected chi connectivity index (χ0v) is 13.6. The highest BCUT2D eigenvalue weighted by atomic mass is 32.2. The Hall–Kier alpha value is -1.92. The number of imidazole rings is 1. The lowest BCUT2D eigenvalue weighted by molar-refractivity contribution is 0.594. The van der Waals surface area contributed by atoms with Crippen LogP contribution < -0.4 is 4.72 Å². The highest BCUT2D eigenvalue weighted by Gasteiger charge is 2.26. The summed E-state index contributed by atoms with van der Waals surface area (Å²) in [5.41, 5.74) is 0. The maximum Gasteiger partial charge on any atom is 0.282 e. The fourth-order valence-corrected chi connectivity index (χ4v) is 3.96. The molecule has 2 aromatic heterocycles. The molecule has 0 unspecified atom stereocenters. The molecule has 0 radical (unpaired) electrons. The third-order valence-corrected chi connectivity index (χ3v) is 5.57. The Morgan fingerprint density at radius 3 is 2.91 bits per heavy atom. The second-order valence-electron chi connectivity index (χ2n) is 5.19. The number of anilines is 1. The second kappa shape index (κ2) is 5.70. The van der Waals surface area contributed by atoms with Gasteiger partial charge in [-0.25, -0.2) is 9.97 Å². The van der Waals surface area contributed by atoms with Gasteiger partial charge in [0.1, 0.15) is 16.8 Å². The van der Waals surface area contributed by atoms with Crippen molar-refractivity contribution >= 4 is 26.5 Å². The smallest absolute Gasteiger partial charge is 0.282 e. The number of nitrogens with zero attached hydrogens (tertiary/aromatic N) is 4. The van der Waals surface area contributed by atoms with Crippen molar-refractivity contribution in [2.75, 3.05) is 4.72 Å². The average Bonchev–Trinajstić information content (AvgIpc) is 3.01. The van der Waals surface area contributed by atoms with Crippen molar-refractivity contribution in [2.24, 2.45) is 5.92 Å². The molecule has 116 valence electrons. The molecule has 0 bridgehead atoms. The van der Waals surface area contributed by atoms with E-state index >= 15 is 0 Å². The molecule has 0 saturated heterocycles. The number of aromatic nitrogens is 3. The zero-order chi connectivity index (χ0) is 15.7. The molecule has 0 aliphatic heterocycles. The van der Waals surface area contributed by atoms with Crippen LogP contribution in [0.1, 0.15) is 30.5 Å². The van der Waals surface area contributed by atoms with Gasteiger partial charge in [-0.05, 0) is 18.8 Å². The largest absolute Gasteiger partial charge is 0.333 e. The van der Waals surface area contributed by atoms with Gasteiger partial charge in [0, 0.05) is 19.2 Å². The van der Waals surface area contributed by atoms with Crippen molar-refractivity contribution in [1.82, 2.24) is 14.5 Å². The van der Waals surface area contributed by atoms with Crippen LogP contribution in [0, 0.1) is 17.2 Å². The van der Waals surface area contributed by atoms with Gasteiger partial charge in [-0.2, -0.15) is 13.7 Å². The standard InChI is InChI=1S/C13H15N5O2S2/c1-2-11-16-12(8-18(11)7-9-3-4-9)22(19,20)17-13-15-6-10(5-14)21-13/h6,8-9H,2-4,7H2,1H3,(H,15,17). The zero-order valence-electron chi connectivity index (χ0n) is 12.0. The van der Waals surface area contributed by atoms with Crippen LogP contribution in [0.25, 0.3) is 0 Å². The lowest BCUT2D eigenvalue weighted by Crippen LogP contribution is -2.13. The van der Waals surface area contributed by atoms with Gasteiger partial charge in [0.25, 0.3) is 10.0 Å². The summed E-state index contributed by atoms with van der Waals surface area (Å²) in [5.74, 6) is 1.41. The molecule has 9 heteroatoms. The third-order valence-electron chi connectivity index (χ3n) is 3.42. The third kappa shape index (κ3) is 3.13. The summed E-state index contributed by atoms with van der Waals surface area (Å²) < 4.78 is 29.1. The van der Waals surface area contributed by atoms with Crippen LogP contribution in [0.4, 0.5) is 5.13 Å². The van der Waals surface area contributed by atoms with Crippen LogP contribution >= 0.6 is 11.3 Å². The van der Waals surface area contributed by atoms with E-state index in [1.807, 2.05) is 17.6 Å². The number of sulfonamides is 1. The van der Waals surface area contributed by atoms with E-state index in [1.54, 1.807) is 6.20 Å². The number of nitriles is 1. The Labute approximate surface area is 132 Å². The first-order chi connectivity index (χ1) is 10.5. The minimum absolute atomic E-state index is 0.00120. The van der Waals surface area contributed by atoms with E-state index in [0.29, 0.717) is 17.2 Å². The maximum absolute atomic E-state index is 12.4. The molecular formula is C13H15N5O2S2. The Morgan fingerprint density at radius 2 is 2.32 bits per heavy atom. The molecule has 22 heavy (non-hydrogen) atoms. The minimum atomic E-state index is -3.78. The summed E-state index contributed by atoms with van der Waals surface area (Å²) in [6, 6.07) is 1.93. The van der Waals surface area contributed by atoms with E-state index in [-0.39, 0.29) is 10.2 Å². The molecule has 2 aromatic rings. The van der Waals surface area contributed by atoms with Crippen LogP contribution in [-0.4, -0.2) is 23.0 Å². The summed E-state index contributed by atoms with van der Waals surface area (Å²) in [6.07, 6.45) is 5.98. The number of hydrogen-bond acceptors (Lipinski definition) is 6. The highest BCUT2D eigenvalue weighted by molar-refractivity contribution is 7.92. The molecule has 0 amide bonds. The van der Waals surface area contributed by atoms with Gasteiger partial charge in [0.2, 0.25) is 0 Å². The number of aryl methyl sites for hydroxylation is 1. The average molecular weight is 337 g/mol. The van der Waals surface area contributed by atoms with Crippen molar-refractivity contribution in [1.29, 1.82) is 5.26 Å². The van der Waals surface area contributed by atoms with Gasteiger partial charge in [0.15, 0.2) is 10.2 Å². The first kappa shape index (κ1) is 15.0. The molecule has 7 nitrogen and oxygen atoms in total. The van der Waals surface area contributed by atoms with E-state index in [1.165, 1.54) is 19.0 Å².